The summed E-state index contributed by atoms with van der Waals surface area (Å²) >= 11 is 0. The minimum absolute atomic E-state index is 0.0324. The van der Waals surface area contributed by atoms with Crippen molar-refractivity contribution in [2.75, 3.05) is 13.1 Å². The van der Waals surface area contributed by atoms with Gasteiger partial charge in [-0.05, 0) is 54.7 Å². The average molecular weight is 573 g/mol. The quantitative estimate of drug-likeness (QED) is 0.415. The van der Waals surface area contributed by atoms with Gasteiger partial charge in [0, 0.05) is 61.7 Å². The first-order valence-electron chi connectivity index (χ1n) is 14.4. The molecule has 3 aromatic rings. The number of nitrogens with one attached hydrogen (secondary N) is 2. The van der Waals surface area contributed by atoms with Crippen LogP contribution in [0.1, 0.15) is 46.3 Å². The van der Waals surface area contributed by atoms with Crippen LogP contribution in [0.5, 0.6) is 5.75 Å². The van der Waals surface area contributed by atoms with Gasteiger partial charge in [-0.3, -0.25) is 14.5 Å². The van der Waals surface area contributed by atoms with Gasteiger partial charge in [0.15, 0.2) is 0 Å². The van der Waals surface area contributed by atoms with Gasteiger partial charge in [-0.25, -0.2) is 8.78 Å². The predicted molar refractivity (Wildman–Crippen MR) is 154 cm³/mol. The van der Waals surface area contributed by atoms with Crippen LogP contribution in [0.4, 0.5) is 8.78 Å². The van der Waals surface area contributed by atoms with E-state index in [9.17, 15) is 18.4 Å². The number of fused-ring (bicyclic) bond motifs is 1. The lowest BCUT2D eigenvalue weighted by molar-refractivity contribution is -0.126. The third-order valence-electron chi connectivity index (χ3n) is 8.36. The molecule has 3 aliphatic heterocycles. The number of amides is 2. The van der Waals surface area contributed by atoms with Gasteiger partial charge in [0.2, 0.25) is 5.91 Å². The second-order valence-electron chi connectivity index (χ2n) is 11.3. The Morgan fingerprint density at radius 1 is 1.02 bits per heavy atom. The Hall–Kier alpha value is -4.08. The number of carbonyl (C=O) groups excluding carboxylic acids is 2. The summed E-state index contributed by atoms with van der Waals surface area (Å²) in [6, 6.07) is 18.8. The average Bonchev–Trinajstić information content (AvgIpc) is 3.29. The smallest absolute Gasteiger partial charge is 0.255 e. The van der Waals surface area contributed by atoms with Crippen LogP contribution in [0.2, 0.25) is 0 Å². The Balaban J connectivity index is 1.18. The summed E-state index contributed by atoms with van der Waals surface area (Å²) < 4.78 is 34.5. The van der Waals surface area contributed by atoms with E-state index in [2.05, 4.69) is 34.2 Å². The molecule has 2 saturated heterocycles. The standard InChI is InChI=1S/C33H34F2N4O3/c1-21-7-12-30(32(40)37-21)39-19-24-15-26(10-11-27(24)33(39)41)42-31-20-38(18-23-8-9-25(34)16-28(23)35)14-13-29(31)36-17-22-5-3-2-4-6-22/h2-6,8-11,15-16,29-31,36H,1,7,12-14,17-20H2,(H,37,40). The molecule has 3 atom stereocenters. The summed E-state index contributed by atoms with van der Waals surface area (Å²) in [6.45, 7) is 6.47. The summed E-state index contributed by atoms with van der Waals surface area (Å²) in [6.07, 6.45) is 1.71. The summed E-state index contributed by atoms with van der Waals surface area (Å²) in [5.41, 5.74) is 3.69. The highest BCUT2D eigenvalue weighted by molar-refractivity contribution is 6.01. The largest absolute Gasteiger partial charge is 0.487 e. The molecule has 3 heterocycles. The molecule has 9 heteroatoms. The van der Waals surface area contributed by atoms with Gasteiger partial charge < -0.3 is 20.3 Å². The zero-order valence-corrected chi connectivity index (χ0v) is 23.3. The summed E-state index contributed by atoms with van der Waals surface area (Å²) in [5, 5.41) is 6.41. The maximum absolute atomic E-state index is 14.4. The zero-order chi connectivity index (χ0) is 29.2. The van der Waals surface area contributed by atoms with E-state index in [-0.39, 0.29) is 24.0 Å². The summed E-state index contributed by atoms with van der Waals surface area (Å²) in [7, 11) is 0. The van der Waals surface area contributed by atoms with Crippen LogP contribution in [0.3, 0.4) is 0 Å². The van der Waals surface area contributed by atoms with Gasteiger partial charge in [-0.15, -0.1) is 0 Å². The lowest BCUT2D eigenvalue weighted by Gasteiger charge is -2.39. The van der Waals surface area contributed by atoms with E-state index in [1.807, 2.05) is 24.3 Å². The van der Waals surface area contributed by atoms with Gasteiger partial charge in [0.25, 0.3) is 5.91 Å². The molecule has 2 N–H and O–H groups in total. The molecule has 7 nitrogen and oxygen atoms in total. The first kappa shape index (κ1) is 28.1. The van der Waals surface area contributed by atoms with Crippen molar-refractivity contribution in [3.8, 4) is 5.75 Å². The molecule has 0 spiro atoms. The van der Waals surface area contributed by atoms with Crippen molar-refractivity contribution in [2.24, 2.45) is 0 Å². The molecule has 2 fully saturated rings. The fraction of sp³-hybridized carbons (Fsp3) is 0.333. The van der Waals surface area contributed by atoms with Crippen molar-refractivity contribution in [1.82, 2.24) is 20.4 Å². The minimum Gasteiger partial charge on any atom is -0.487 e. The van der Waals surface area contributed by atoms with Crippen molar-refractivity contribution in [3.05, 3.63) is 113 Å². The van der Waals surface area contributed by atoms with E-state index in [0.29, 0.717) is 61.6 Å². The number of piperidine rings is 2. The molecule has 6 rings (SSSR count). The monoisotopic (exact) mass is 572 g/mol. The van der Waals surface area contributed by atoms with Gasteiger partial charge in [0.1, 0.15) is 29.5 Å². The van der Waals surface area contributed by atoms with Crippen LogP contribution < -0.4 is 15.4 Å². The number of likely N-dealkylation sites (tertiary alicyclic amines) is 1. The third-order valence-corrected chi connectivity index (χ3v) is 8.36. The number of ether oxygens (including phenoxy) is 1. The minimum atomic E-state index is -0.593. The van der Waals surface area contributed by atoms with Crippen molar-refractivity contribution in [2.45, 2.75) is 57.1 Å². The molecule has 0 radical (unpaired) electrons. The van der Waals surface area contributed by atoms with E-state index in [4.69, 9.17) is 4.74 Å². The van der Waals surface area contributed by atoms with E-state index < -0.39 is 17.7 Å². The molecule has 0 aliphatic carbocycles. The first-order valence-corrected chi connectivity index (χ1v) is 14.4. The molecular weight excluding hydrogens is 538 g/mol. The molecule has 3 aliphatic rings. The number of carbonyl (C=O) groups is 2. The normalized spacial score (nSPS) is 22.7. The highest BCUT2D eigenvalue weighted by Gasteiger charge is 2.38. The van der Waals surface area contributed by atoms with Crippen molar-refractivity contribution in [3.63, 3.8) is 0 Å². The maximum Gasteiger partial charge on any atom is 0.255 e. The number of halogens is 2. The fourth-order valence-electron chi connectivity index (χ4n) is 6.09. The Morgan fingerprint density at radius 3 is 2.64 bits per heavy atom. The fourth-order valence-corrected chi connectivity index (χ4v) is 6.09. The van der Waals surface area contributed by atoms with Crippen LogP contribution in [0.15, 0.2) is 79.0 Å². The number of allylic oxidation sites excluding steroid dienone is 1. The molecule has 0 saturated carbocycles. The topological polar surface area (TPSA) is 73.9 Å². The zero-order valence-electron chi connectivity index (χ0n) is 23.3. The number of hydrogen-bond acceptors (Lipinski definition) is 5. The van der Waals surface area contributed by atoms with E-state index in [1.54, 1.807) is 17.0 Å². The van der Waals surface area contributed by atoms with Crippen LogP contribution in [0, 0.1) is 11.6 Å². The summed E-state index contributed by atoms with van der Waals surface area (Å²) in [5.74, 6) is -0.866. The Bertz CT molecular complexity index is 1500. The van der Waals surface area contributed by atoms with E-state index >= 15 is 0 Å². The maximum atomic E-state index is 14.4. The predicted octanol–water partition coefficient (Wildman–Crippen LogP) is 4.52. The second-order valence-corrected chi connectivity index (χ2v) is 11.3. The van der Waals surface area contributed by atoms with Crippen LogP contribution >= 0.6 is 0 Å². The van der Waals surface area contributed by atoms with Gasteiger partial charge in [-0.2, -0.15) is 0 Å². The number of nitrogens with zero attached hydrogens (tertiary/aromatic N) is 2. The highest BCUT2D eigenvalue weighted by Crippen LogP contribution is 2.32. The van der Waals surface area contributed by atoms with E-state index in [0.717, 1.165) is 24.6 Å². The van der Waals surface area contributed by atoms with Gasteiger partial charge in [0.05, 0.1) is 0 Å². The molecule has 42 heavy (non-hydrogen) atoms. The molecule has 3 unspecified atom stereocenters. The second kappa shape index (κ2) is 12.0. The SMILES string of the molecule is C=C1CCC(N2Cc3cc(OC4CN(Cc5ccc(F)cc5F)CCC4NCc4ccccc4)ccc3C2=O)C(=O)N1. The van der Waals surface area contributed by atoms with Gasteiger partial charge >= 0.3 is 0 Å². The lowest BCUT2D eigenvalue weighted by Crippen LogP contribution is -2.54. The molecule has 2 amide bonds. The van der Waals surface area contributed by atoms with Crippen LogP contribution in [0.25, 0.3) is 0 Å². The van der Waals surface area contributed by atoms with Gasteiger partial charge in [-0.1, -0.05) is 43.0 Å². The van der Waals surface area contributed by atoms with Crippen LogP contribution in [-0.2, 0) is 24.4 Å². The summed E-state index contributed by atoms with van der Waals surface area (Å²) in [4.78, 5) is 29.5. The van der Waals surface area contributed by atoms with Crippen LogP contribution in [-0.4, -0.2) is 52.9 Å². The Morgan fingerprint density at radius 2 is 1.86 bits per heavy atom. The molecule has 3 aromatic carbocycles. The van der Waals surface area contributed by atoms with Crippen molar-refractivity contribution >= 4 is 11.8 Å². The highest BCUT2D eigenvalue weighted by atomic mass is 19.1. The Labute approximate surface area is 244 Å². The molecule has 0 bridgehead atoms. The first-order chi connectivity index (χ1) is 20.3. The van der Waals surface area contributed by atoms with Crippen molar-refractivity contribution < 1.29 is 23.1 Å². The lowest BCUT2D eigenvalue weighted by atomic mass is 10.00. The molecule has 218 valence electrons. The third kappa shape index (κ3) is 6.07. The molecular formula is C33H34F2N4O3. The molecule has 0 aromatic heterocycles. The van der Waals surface area contributed by atoms with E-state index in [1.165, 1.54) is 17.7 Å². The number of rotatable bonds is 8. The van der Waals surface area contributed by atoms with Crippen molar-refractivity contribution in [1.29, 1.82) is 0 Å². The number of benzene rings is 3. The Kier molecular flexibility index (Phi) is 8.04. The number of hydrogen-bond donors (Lipinski definition) is 2.